The quantitative estimate of drug-likeness (QED) is 0.813. The molecule has 1 N–H and O–H groups in total. The van der Waals surface area contributed by atoms with Crippen molar-refractivity contribution in [2.24, 2.45) is 7.05 Å². The molecular weight excluding hydrogens is 353 g/mol. The molecule has 144 valence electrons. The number of anilines is 1. The van der Waals surface area contributed by atoms with Crippen LogP contribution in [0, 0.1) is 5.82 Å². The largest absolute Gasteiger partial charge is 0.345 e. The Labute approximate surface area is 155 Å². The Bertz CT molecular complexity index is 912. The molecular formula is C18H22FN5O3. The summed E-state index contributed by atoms with van der Waals surface area (Å²) in [4.78, 5) is 38.0. The topological polar surface area (TPSA) is 89.2 Å². The van der Waals surface area contributed by atoms with Gasteiger partial charge < -0.3 is 10.2 Å². The first-order chi connectivity index (χ1) is 12.9. The molecule has 3 rings (SSSR count). The van der Waals surface area contributed by atoms with E-state index in [4.69, 9.17) is 0 Å². The van der Waals surface area contributed by atoms with E-state index in [1.54, 1.807) is 17.7 Å². The van der Waals surface area contributed by atoms with Gasteiger partial charge in [0.15, 0.2) is 0 Å². The maximum atomic E-state index is 13.6. The molecule has 0 bridgehead atoms. The summed E-state index contributed by atoms with van der Waals surface area (Å²) in [6.45, 7) is 3.18. The maximum absolute atomic E-state index is 13.6. The van der Waals surface area contributed by atoms with Crippen LogP contribution in [0.5, 0.6) is 0 Å². The van der Waals surface area contributed by atoms with Crippen molar-refractivity contribution in [1.82, 2.24) is 19.2 Å². The summed E-state index contributed by atoms with van der Waals surface area (Å²) in [5, 5.41) is 6.63. The molecule has 1 aliphatic heterocycles. The third kappa shape index (κ3) is 3.76. The van der Waals surface area contributed by atoms with E-state index in [9.17, 15) is 18.8 Å². The van der Waals surface area contributed by atoms with Crippen molar-refractivity contribution in [3.8, 4) is 0 Å². The average Bonchev–Trinajstić information content (AvgIpc) is 2.97. The molecule has 0 spiro atoms. The summed E-state index contributed by atoms with van der Waals surface area (Å²) in [6.07, 6.45) is 1.21. The number of para-hydroxylation sites is 1. The van der Waals surface area contributed by atoms with Crippen LogP contribution in [-0.2, 0) is 23.2 Å². The van der Waals surface area contributed by atoms with Gasteiger partial charge in [0, 0.05) is 32.6 Å². The van der Waals surface area contributed by atoms with Crippen molar-refractivity contribution in [1.29, 1.82) is 0 Å². The number of aromatic nitrogens is 3. The van der Waals surface area contributed by atoms with Gasteiger partial charge in [0.1, 0.15) is 11.6 Å². The molecule has 1 aromatic heterocycles. The highest BCUT2D eigenvalue weighted by Crippen LogP contribution is 2.26. The van der Waals surface area contributed by atoms with Crippen LogP contribution in [-0.4, -0.2) is 44.2 Å². The zero-order valence-electron chi connectivity index (χ0n) is 15.3. The number of benzene rings is 1. The number of piperidine rings is 1. The molecule has 0 unspecified atom stereocenters. The number of rotatable bonds is 3. The summed E-state index contributed by atoms with van der Waals surface area (Å²) >= 11 is 0. The van der Waals surface area contributed by atoms with Gasteiger partial charge in [-0.05, 0) is 31.9 Å². The minimum Gasteiger partial charge on any atom is -0.334 e. The minimum absolute atomic E-state index is 0.0221. The number of nitrogens with one attached hydrogen (secondary N) is 1. The molecule has 0 atom stereocenters. The van der Waals surface area contributed by atoms with Crippen LogP contribution in [0.3, 0.4) is 0 Å². The van der Waals surface area contributed by atoms with Gasteiger partial charge in [-0.3, -0.25) is 14.2 Å². The third-order valence-electron chi connectivity index (χ3n) is 4.82. The van der Waals surface area contributed by atoms with Crippen molar-refractivity contribution in [2.45, 2.75) is 32.2 Å². The van der Waals surface area contributed by atoms with E-state index in [2.05, 4.69) is 10.4 Å². The van der Waals surface area contributed by atoms with Gasteiger partial charge in [-0.2, -0.15) is 5.10 Å². The fraction of sp³-hybridized carbons (Fsp3) is 0.444. The molecule has 1 fully saturated rings. The van der Waals surface area contributed by atoms with E-state index in [0.717, 1.165) is 0 Å². The number of hydrogen-bond donors (Lipinski definition) is 1. The highest BCUT2D eigenvalue weighted by atomic mass is 19.1. The van der Waals surface area contributed by atoms with Crippen molar-refractivity contribution in [3.05, 3.63) is 46.4 Å². The first-order valence-corrected chi connectivity index (χ1v) is 8.90. The molecule has 0 aliphatic carbocycles. The fourth-order valence-electron chi connectivity index (χ4n) is 3.35. The Kier molecular flexibility index (Phi) is 5.38. The Balaban J connectivity index is 1.63. The van der Waals surface area contributed by atoms with Crippen molar-refractivity contribution < 1.29 is 14.0 Å². The van der Waals surface area contributed by atoms with Gasteiger partial charge in [-0.1, -0.05) is 12.1 Å². The minimum atomic E-state index is -0.859. The highest BCUT2D eigenvalue weighted by molar-refractivity contribution is 6.39. The van der Waals surface area contributed by atoms with Crippen LogP contribution >= 0.6 is 0 Å². The second kappa shape index (κ2) is 7.73. The summed E-state index contributed by atoms with van der Waals surface area (Å²) in [7, 11) is 1.61. The van der Waals surface area contributed by atoms with Crippen LogP contribution in [0.15, 0.2) is 29.1 Å². The second-order valence-electron chi connectivity index (χ2n) is 6.51. The van der Waals surface area contributed by atoms with Crippen molar-refractivity contribution in [3.63, 3.8) is 0 Å². The predicted molar refractivity (Wildman–Crippen MR) is 96.7 cm³/mol. The van der Waals surface area contributed by atoms with Gasteiger partial charge >= 0.3 is 17.5 Å². The predicted octanol–water partition coefficient (Wildman–Crippen LogP) is 1.09. The molecule has 2 aromatic rings. The summed E-state index contributed by atoms with van der Waals surface area (Å²) in [5.74, 6) is -1.37. The van der Waals surface area contributed by atoms with E-state index in [1.165, 1.54) is 27.8 Å². The average molecular weight is 375 g/mol. The number of carbonyl (C=O) groups excluding carboxylic acids is 2. The Hall–Kier alpha value is -2.97. The first kappa shape index (κ1) is 18.8. The Morgan fingerprint density at radius 3 is 2.56 bits per heavy atom. The van der Waals surface area contributed by atoms with Crippen molar-refractivity contribution in [2.75, 3.05) is 18.4 Å². The van der Waals surface area contributed by atoms with E-state index >= 15 is 0 Å². The second-order valence-corrected chi connectivity index (χ2v) is 6.51. The normalized spacial score (nSPS) is 15.0. The third-order valence-corrected chi connectivity index (χ3v) is 4.82. The van der Waals surface area contributed by atoms with Crippen LogP contribution in [0.2, 0.25) is 0 Å². The molecule has 0 radical (unpaired) electrons. The highest BCUT2D eigenvalue weighted by Gasteiger charge is 2.30. The zero-order chi connectivity index (χ0) is 19.6. The first-order valence-electron chi connectivity index (χ1n) is 8.90. The number of amides is 2. The lowest BCUT2D eigenvalue weighted by Crippen LogP contribution is -2.44. The summed E-state index contributed by atoms with van der Waals surface area (Å²) < 4.78 is 16.6. The lowest BCUT2D eigenvalue weighted by Gasteiger charge is -2.31. The number of aryl methyl sites for hydroxylation is 1. The fourth-order valence-corrected chi connectivity index (χ4v) is 3.35. The molecule has 1 saturated heterocycles. The lowest BCUT2D eigenvalue weighted by molar-refractivity contribution is -0.143. The zero-order valence-corrected chi connectivity index (χ0v) is 15.3. The number of hydrogen-bond acceptors (Lipinski definition) is 4. The smallest absolute Gasteiger partial charge is 0.334 e. The lowest BCUT2D eigenvalue weighted by atomic mass is 9.96. The molecule has 27 heavy (non-hydrogen) atoms. The molecule has 2 amide bonds. The number of carbonyl (C=O) groups is 2. The molecule has 1 aliphatic rings. The molecule has 1 aromatic carbocycles. The summed E-state index contributed by atoms with van der Waals surface area (Å²) in [5.41, 5.74) is -0.179. The van der Waals surface area contributed by atoms with E-state index in [0.29, 0.717) is 38.3 Å². The number of halogens is 1. The standard InChI is InChI=1S/C18H22FN5O3/c1-3-24-15(21-22(2)18(24)27)12-8-10-23(11-9-12)17(26)16(25)20-14-7-5-4-6-13(14)19/h4-7,12H,3,8-11H2,1-2H3,(H,20,25). The van der Waals surface area contributed by atoms with Crippen LogP contribution < -0.4 is 11.0 Å². The van der Waals surface area contributed by atoms with E-state index in [-0.39, 0.29) is 17.3 Å². The van der Waals surface area contributed by atoms with Crippen molar-refractivity contribution >= 4 is 17.5 Å². The van der Waals surface area contributed by atoms with Gasteiger partial charge in [0.2, 0.25) is 0 Å². The number of nitrogens with zero attached hydrogens (tertiary/aromatic N) is 4. The molecule has 8 nitrogen and oxygen atoms in total. The van der Waals surface area contributed by atoms with E-state index < -0.39 is 17.6 Å². The SMILES string of the molecule is CCn1c(C2CCN(C(=O)C(=O)Nc3ccccc3F)CC2)nn(C)c1=O. The Morgan fingerprint density at radius 2 is 1.93 bits per heavy atom. The molecule has 0 saturated carbocycles. The van der Waals surface area contributed by atoms with E-state index in [1.807, 2.05) is 6.92 Å². The van der Waals surface area contributed by atoms with Gasteiger partial charge in [0.25, 0.3) is 0 Å². The van der Waals surface area contributed by atoms with Crippen LogP contribution in [0.25, 0.3) is 0 Å². The molecule has 9 heteroatoms. The monoisotopic (exact) mass is 375 g/mol. The van der Waals surface area contributed by atoms with Crippen LogP contribution in [0.1, 0.15) is 31.5 Å². The Morgan fingerprint density at radius 1 is 1.26 bits per heavy atom. The molecule has 2 heterocycles. The number of likely N-dealkylation sites (tertiary alicyclic amines) is 1. The summed E-state index contributed by atoms with van der Waals surface area (Å²) in [6, 6.07) is 5.70. The van der Waals surface area contributed by atoms with Gasteiger partial charge in [-0.15, -0.1) is 0 Å². The van der Waals surface area contributed by atoms with Crippen LogP contribution in [0.4, 0.5) is 10.1 Å². The maximum Gasteiger partial charge on any atom is 0.345 e. The van der Waals surface area contributed by atoms with Gasteiger partial charge in [0.05, 0.1) is 5.69 Å². The van der Waals surface area contributed by atoms with Gasteiger partial charge in [-0.25, -0.2) is 13.9 Å².